The second-order valence-electron chi connectivity index (χ2n) is 6.26. The average molecular weight is 329 g/mol. The maximum Gasteiger partial charge on any atom is 0.273 e. The number of Topliss-reactive ketones (excluding diaryl/α,β-unsaturated/α-hetero) is 1. The van der Waals surface area contributed by atoms with Crippen LogP contribution < -0.4 is 0 Å². The highest BCUT2D eigenvalue weighted by molar-refractivity contribution is 6.01. The molecule has 0 N–H and O–H groups in total. The number of nitro groups is 1. The molecule has 0 radical (unpaired) electrons. The summed E-state index contributed by atoms with van der Waals surface area (Å²) >= 11 is 0. The van der Waals surface area contributed by atoms with E-state index in [2.05, 4.69) is 0 Å². The number of para-hydroxylation sites is 1. The van der Waals surface area contributed by atoms with E-state index in [0.29, 0.717) is 36.1 Å². The molecule has 3 rings (SSSR count). The van der Waals surface area contributed by atoms with Crippen molar-refractivity contribution in [2.75, 3.05) is 14.1 Å². The second-order valence-corrected chi connectivity index (χ2v) is 6.26. The fraction of sp³-hybridized carbons (Fsp3) is 0.412. The van der Waals surface area contributed by atoms with Gasteiger partial charge in [-0.3, -0.25) is 19.7 Å². The number of hydrogen-bond donors (Lipinski definition) is 0. The molecule has 0 fully saturated rings. The number of carbonyl (C=O) groups excluding carboxylic acids is 2. The third kappa shape index (κ3) is 2.60. The second kappa shape index (κ2) is 6.16. The molecule has 126 valence electrons. The summed E-state index contributed by atoms with van der Waals surface area (Å²) in [6, 6.07) is 6.37. The van der Waals surface area contributed by atoms with Gasteiger partial charge in [0.2, 0.25) is 5.91 Å². The van der Waals surface area contributed by atoms with E-state index in [-0.39, 0.29) is 23.8 Å². The Hall–Kier alpha value is -2.54. The number of amides is 1. The van der Waals surface area contributed by atoms with Crippen LogP contribution in [0.15, 0.2) is 35.5 Å². The number of allylic oxidation sites excluding steroid dienone is 2. The van der Waals surface area contributed by atoms with E-state index in [1.165, 1.54) is 11.1 Å². The Kier molecular flexibility index (Phi) is 4.19. The molecule has 7 heteroatoms. The molecule has 1 unspecified atom stereocenters. The number of nitrogens with zero attached hydrogens (tertiary/aromatic N) is 3. The monoisotopic (exact) mass is 329 g/mol. The van der Waals surface area contributed by atoms with Crippen LogP contribution in [0, 0.1) is 10.1 Å². The third-order valence-electron chi connectivity index (χ3n) is 4.56. The first kappa shape index (κ1) is 16.3. The SMILES string of the molecule is CN(C)N1C(=O)CC(c2ccccc2[N+](=O)[O-])C2=C1CCCC2=O. The number of hydrazine groups is 1. The minimum Gasteiger partial charge on any atom is -0.294 e. The van der Waals surface area contributed by atoms with Crippen LogP contribution in [0.5, 0.6) is 0 Å². The summed E-state index contributed by atoms with van der Waals surface area (Å²) in [7, 11) is 3.51. The Morgan fingerprint density at radius 1 is 1.21 bits per heavy atom. The van der Waals surface area contributed by atoms with E-state index >= 15 is 0 Å². The summed E-state index contributed by atoms with van der Waals surface area (Å²) < 4.78 is 0. The van der Waals surface area contributed by atoms with Gasteiger partial charge in [-0.1, -0.05) is 18.2 Å². The van der Waals surface area contributed by atoms with Crippen LogP contribution >= 0.6 is 0 Å². The van der Waals surface area contributed by atoms with Crippen molar-refractivity contribution in [1.29, 1.82) is 0 Å². The van der Waals surface area contributed by atoms with Crippen LogP contribution in [-0.2, 0) is 9.59 Å². The first-order valence-corrected chi connectivity index (χ1v) is 7.91. The molecule has 1 aromatic rings. The van der Waals surface area contributed by atoms with Gasteiger partial charge in [0.1, 0.15) is 0 Å². The molecule has 2 aliphatic rings. The molecule has 24 heavy (non-hydrogen) atoms. The molecule has 1 aliphatic carbocycles. The molecule has 7 nitrogen and oxygen atoms in total. The topological polar surface area (TPSA) is 83.8 Å². The van der Waals surface area contributed by atoms with Gasteiger partial charge in [0.05, 0.1) is 4.92 Å². The van der Waals surface area contributed by atoms with Gasteiger partial charge in [0, 0.05) is 55.8 Å². The molecule has 1 atom stereocenters. The average Bonchev–Trinajstić information content (AvgIpc) is 2.53. The first-order valence-electron chi connectivity index (χ1n) is 7.91. The summed E-state index contributed by atoms with van der Waals surface area (Å²) in [4.78, 5) is 36.1. The lowest BCUT2D eigenvalue weighted by atomic mass is 9.77. The van der Waals surface area contributed by atoms with Gasteiger partial charge in [-0.15, -0.1) is 0 Å². The minimum absolute atomic E-state index is 0.0150. The molecule has 0 aromatic heterocycles. The Balaban J connectivity index is 2.19. The van der Waals surface area contributed by atoms with E-state index in [4.69, 9.17) is 0 Å². The smallest absolute Gasteiger partial charge is 0.273 e. The molecule has 0 saturated heterocycles. The Bertz CT molecular complexity index is 754. The van der Waals surface area contributed by atoms with Crippen molar-refractivity contribution in [2.45, 2.75) is 31.6 Å². The van der Waals surface area contributed by atoms with Crippen LogP contribution in [0.25, 0.3) is 0 Å². The molecule has 1 amide bonds. The van der Waals surface area contributed by atoms with E-state index in [1.54, 1.807) is 37.3 Å². The normalized spacial score (nSPS) is 21.3. The summed E-state index contributed by atoms with van der Waals surface area (Å²) in [5.74, 6) is -0.701. The highest BCUT2D eigenvalue weighted by atomic mass is 16.6. The van der Waals surface area contributed by atoms with E-state index in [1.807, 2.05) is 0 Å². The van der Waals surface area contributed by atoms with Crippen LogP contribution in [-0.4, -0.2) is 40.7 Å². The summed E-state index contributed by atoms with van der Waals surface area (Å²) in [6.07, 6.45) is 1.81. The maximum absolute atomic E-state index is 12.6. The highest BCUT2D eigenvalue weighted by Crippen LogP contribution is 2.44. The number of nitro benzene ring substituents is 1. The van der Waals surface area contributed by atoms with Gasteiger partial charge in [-0.05, 0) is 12.8 Å². The van der Waals surface area contributed by atoms with Crippen molar-refractivity contribution < 1.29 is 14.5 Å². The molecule has 0 bridgehead atoms. The molecular formula is C17H19N3O4. The summed E-state index contributed by atoms with van der Waals surface area (Å²) in [5.41, 5.74) is 1.65. The van der Waals surface area contributed by atoms with Crippen LogP contribution in [0.3, 0.4) is 0 Å². The number of ketones is 1. The zero-order valence-electron chi connectivity index (χ0n) is 13.7. The summed E-state index contributed by atoms with van der Waals surface area (Å²) in [6.45, 7) is 0. The largest absolute Gasteiger partial charge is 0.294 e. The van der Waals surface area contributed by atoms with E-state index in [9.17, 15) is 19.7 Å². The Morgan fingerprint density at radius 2 is 1.92 bits per heavy atom. The minimum atomic E-state index is -0.543. The van der Waals surface area contributed by atoms with Gasteiger partial charge in [-0.2, -0.15) is 0 Å². The molecular weight excluding hydrogens is 310 g/mol. The Labute approximate surface area is 139 Å². The lowest BCUT2D eigenvalue weighted by Gasteiger charge is -2.40. The lowest BCUT2D eigenvalue weighted by Crippen LogP contribution is -2.47. The molecule has 0 spiro atoms. The van der Waals surface area contributed by atoms with Crippen molar-refractivity contribution in [3.8, 4) is 0 Å². The fourth-order valence-electron chi connectivity index (χ4n) is 3.65. The molecule has 0 saturated carbocycles. The van der Waals surface area contributed by atoms with Gasteiger partial charge >= 0.3 is 0 Å². The van der Waals surface area contributed by atoms with Crippen molar-refractivity contribution in [3.63, 3.8) is 0 Å². The number of rotatable bonds is 3. The van der Waals surface area contributed by atoms with Gasteiger partial charge in [0.15, 0.2) is 5.78 Å². The predicted molar refractivity (Wildman–Crippen MR) is 86.9 cm³/mol. The van der Waals surface area contributed by atoms with Crippen LogP contribution in [0.2, 0.25) is 0 Å². The number of benzene rings is 1. The van der Waals surface area contributed by atoms with Crippen molar-refractivity contribution in [2.24, 2.45) is 0 Å². The van der Waals surface area contributed by atoms with Crippen molar-refractivity contribution in [3.05, 3.63) is 51.2 Å². The maximum atomic E-state index is 12.6. The zero-order chi connectivity index (χ0) is 17.4. The predicted octanol–water partition coefficient (Wildman–Crippen LogP) is 2.39. The van der Waals surface area contributed by atoms with Crippen LogP contribution in [0.1, 0.15) is 37.2 Å². The zero-order valence-corrected chi connectivity index (χ0v) is 13.7. The molecule has 1 aromatic carbocycles. The lowest BCUT2D eigenvalue weighted by molar-refractivity contribution is -0.385. The number of hydrogen-bond acceptors (Lipinski definition) is 5. The first-order chi connectivity index (χ1) is 11.4. The number of carbonyl (C=O) groups is 2. The summed E-state index contributed by atoms with van der Waals surface area (Å²) in [5, 5.41) is 14.6. The molecule has 1 aliphatic heterocycles. The van der Waals surface area contributed by atoms with Gasteiger partial charge < -0.3 is 0 Å². The van der Waals surface area contributed by atoms with Crippen molar-refractivity contribution >= 4 is 17.4 Å². The quantitative estimate of drug-likeness (QED) is 0.628. The molecule has 1 heterocycles. The van der Waals surface area contributed by atoms with Crippen LogP contribution in [0.4, 0.5) is 5.69 Å². The van der Waals surface area contributed by atoms with E-state index in [0.717, 1.165) is 0 Å². The standard InChI is InChI=1S/C17H19N3O4/c1-18(2)19-14-8-5-9-15(21)17(14)12(10-16(19)22)11-6-3-4-7-13(11)20(23)24/h3-4,6-7,12H,5,8-10H2,1-2H3. The third-order valence-corrected chi connectivity index (χ3v) is 4.56. The van der Waals surface area contributed by atoms with Gasteiger partial charge in [-0.25, -0.2) is 10.0 Å². The Morgan fingerprint density at radius 3 is 2.58 bits per heavy atom. The van der Waals surface area contributed by atoms with Gasteiger partial charge in [0.25, 0.3) is 5.69 Å². The van der Waals surface area contributed by atoms with Crippen molar-refractivity contribution in [1.82, 2.24) is 10.0 Å². The van der Waals surface area contributed by atoms with E-state index < -0.39 is 10.8 Å². The fourth-order valence-corrected chi connectivity index (χ4v) is 3.65. The highest BCUT2D eigenvalue weighted by Gasteiger charge is 2.41.